The van der Waals surface area contributed by atoms with E-state index in [4.69, 9.17) is 4.74 Å². The molecule has 5 nitrogen and oxygen atoms in total. The van der Waals surface area contributed by atoms with Crippen LogP contribution in [-0.2, 0) is 17.5 Å². The van der Waals surface area contributed by atoms with Crippen molar-refractivity contribution in [2.24, 2.45) is 0 Å². The first-order chi connectivity index (χ1) is 11.9. The number of carbonyl (C=O) groups excluding carboxylic acids is 1. The van der Waals surface area contributed by atoms with E-state index in [0.717, 1.165) is 4.57 Å². The number of halogens is 3. The van der Waals surface area contributed by atoms with Crippen molar-refractivity contribution in [3.05, 3.63) is 59.7 Å². The van der Waals surface area contributed by atoms with E-state index >= 15 is 0 Å². The second-order valence-electron chi connectivity index (χ2n) is 5.27. The minimum Gasteiger partial charge on any atom is -0.462 e. The molecule has 0 saturated carbocycles. The van der Waals surface area contributed by atoms with Crippen LogP contribution < -0.4 is 0 Å². The molecule has 2 heterocycles. The van der Waals surface area contributed by atoms with Crippen LogP contribution in [0.5, 0.6) is 0 Å². The maximum Gasteiger partial charge on any atom is 0.449 e. The second-order valence-corrected chi connectivity index (χ2v) is 5.27. The topological polar surface area (TPSA) is 57.0 Å². The zero-order valence-corrected chi connectivity index (χ0v) is 13.2. The van der Waals surface area contributed by atoms with Crippen LogP contribution in [0.3, 0.4) is 0 Å². The molecule has 130 valence electrons. The summed E-state index contributed by atoms with van der Waals surface area (Å²) in [4.78, 5) is 19.6. The summed E-state index contributed by atoms with van der Waals surface area (Å²) in [7, 11) is 0. The summed E-state index contributed by atoms with van der Waals surface area (Å²) in [5.74, 6) is -1.76. The molecule has 0 unspecified atom stereocenters. The third kappa shape index (κ3) is 3.33. The van der Waals surface area contributed by atoms with Crippen LogP contribution in [0.2, 0.25) is 0 Å². The fraction of sp³-hybridized carbons (Fsp3) is 0.235. The lowest BCUT2D eigenvalue weighted by Gasteiger charge is -2.11. The number of aromatic nitrogens is 3. The largest absolute Gasteiger partial charge is 0.462 e. The second kappa shape index (κ2) is 6.54. The molecule has 3 aromatic rings. The van der Waals surface area contributed by atoms with E-state index in [-0.39, 0.29) is 29.7 Å². The normalized spacial score (nSPS) is 11.7. The fourth-order valence-electron chi connectivity index (χ4n) is 2.57. The van der Waals surface area contributed by atoms with Crippen molar-refractivity contribution in [2.45, 2.75) is 19.6 Å². The molecule has 0 aliphatic rings. The summed E-state index contributed by atoms with van der Waals surface area (Å²) in [6, 6.07) is 7.67. The standard InChI is InChI=1S/C17H14F3N3O2/c1-2-25-15(24)12-4-3-5-13-14(12)22-16(17(18,19)20)23(13)10-11-6-8-21-9-7-11/h3-9H,2,10H2,1H3. The molecule has 3 rings (SSSR count). The molecule has 0 amide bonds. The van der Waals surface area contributed by atoms with Gasteiger partial charge in [-0.2, -0.15) is 13.2 Å². The first-order valence-electron chi connectivity index (χ1n) is 7.54. The van der Waals surface area contributed by atoms with Gasteiger partial charge in [0.05, 0.1) is 17.7 Å². The Bertz CT molecular complexity index is 905. The molecular formula is C17H14F3N3O2. The Morgan fingerprint density at radius 1 is 1.20 bits per heavy atom. The highest BCUT2D eigenvalue weighted by molar-refractivity contribution is 6.02. The third-order valence-corrected chi connectivity index (χ3v) is 3.62. The lowest BCUT2D eigenvalue weighted by atomic mass is 10.2. The van der Waals surface area contributed by atoms with Crippen LogP contribution >= 0.6 is 0 Å². The lowest BCUT2D eigenvalue weighted by Crippen LogP contribution is -2.15. The molecule has 0 aliphatic carbocycles. The van der Waals surface area contributed by atoms with Crippen molar-refractivity contribution in [3.63, 3.8) is 0 Å². The third-order valence-electron chi connectivity index (χ3n) is 3.62. The van der Waals surface area contributed by atoms with Crippen LogP contribution in [0.4, 0.5) is 13.2 Å². The summed E-state index contributed by atoms with van der Waals surface area (Å²) >= 11 is 0. The molecule has 0 spiro atoms. The number of alkyl halides is 3. The van der Waals surface area contributed by atoms with Crippen molar-refractivity contribution >= 4 is 17.0 Å². The number of benzene rings is 1. The average Bonchev–Trinajstić information content (AvgIpc) is 2.95. The Morgan fingerprint density at radius 2 is 1.92 bits per heavy atom. The van der Waals surface area contributed by atoms with Gasteiger partial charge >= 0.3 is 12.1 Å². The number of rotatable bonds is 4. The van der Waals surface area contributed by atoms with Crippen LogP contribution in [0, 0.1) is 0 Å². The molecule has 0 aliphatic heterocycles. The van der Waals surface area contributed by atoms with E-state index in [0.29, 0.717) is 5.56 Å². The van der Waals surface area contributed by atoms with Crippen LogP contribution in [0.15, 0.2) is 42.7 Å². The van der Waals surface area contributed by atoms with E-state index in [1.807, 2.05) is 0 Å². The molecule has 0 bridgehead atoms. The van der Waals surface area contributed by atoms with Crippen molar-refractivity contribution in [1.82, 2.24) is 14.5 Å². The van der Waals surface area contributed by atoms with Gasteiger partial charge in [-0.25, -0.2) is 9.78 Å². The van der Waals surface area contributed by atoms with E-state index in [2.05, 4.69) is 9.97 Å². The number of nitrogens with zero attached hydrogens (tertiary/aromatic N) is 3. The highest BCUT2D eigenvalue weighted by Crippen LogP contribution is 2.33. The molecule has 0 saturated heterocycles. The Morgan fingerprint density at radius 3 is 2.56 bits per heavy atom. The van der Waals surface area contributed by atoms with Crippen molar-refractivity contribution in [1.29, 1.82) is 0 Å². The van der Waals surface area contributed by atoms with Gasteiger partial charge in [-0.15, -0.1) is 0 Å². The summed E-state index contributed by atoms with van der Waals surface area (Å²) in [5.41, 5.74) is 0.844. The highest BCUT2D eigenvalue weighted by Gasteiger charge is 2.38. The summed E-state index contributed by atoms with van der Waals surface area (Å²) in [6.45, 7) is 1.71. The highest BCUT2D eigenvalue weighted by atomic mass is 19.4. The zero-order chi connectivity index (χ0) is 18.0. The number of fused-ring (bicyclic) bond motifs is 1. The lowest BCUT2D eigenvalue weighted by molar-refractivity contribution is -0.146. The van der Waals surface area contributed by atoms with Crippen molar-refractivity contribution in [2.75, 3.05) is 6.61 Å². The van der Waals surface area contributed by atoms with Crippen molar-refractivity contribution < 1.29 is 22.7 Å². The number of para-hydroxylation sites is 1. The Balaban J connectivity index is 2.20. The predicted molar refractivity (Wildman–Crippen MR) is 84.0 cm³/mol. The van der Waals surface area contributed by atoms with Gasteiger partial charge in [-0.05, 0) is 36.8 Å². The van der Waals surface area contributed by atoms with Gasteiger partial charge in [0.25, 0.3) is 0 Å². The number of pyridine rings is 1. The quantitative estimate of drug-likeness (QED) is 0.675. The van der Waals surface area contributed by atoms with Gasteiger partial charge in [0, 0.05) is 18.9 Å². The predicted octanol–water partition coefficient (Wildman–Crippen LogP) is 3.68. The number of hydrogen-bond acceptors (Lipinski definition) is 4. The SMILES string of the molecule is CCOC(=O)c1cccc2c1nc(C(F)(F)F)n2Cc1ccncc1. The average molecular weight is 349 g/mol. The molecule has 0 N–H and O–H groups in total. The van der Waals surface area contributed by atoms with Crippen LogP contribution in [-0.4, -0.2) is 27.1 Å². The number of imidazole rings is 1. The Kier molecular flexibility index (Phi) is 4.43. The van der Waals surface area contributed by atoms with Crippen LogP contribution in [0.1, 0.15) is 28.7 Å². The van der Waals surface area contributed by atoms with E-state index in [9.17, 15) is 18.0 Å². The minimum atomic E-state index is -4.65. The van der Waals surface area contributed by atoms with E-state index in [1.165, 1.54) is 30.6 Å². The molecule has 1 aromatic carbocycles. The van der Waals surface area contributed by atoms with E-state index < -0.39 is 18.0 Å². The number of ether oxygens (including phenoxy) is 1. The maximum absolute atomic E-state index is 13.5. The molecule has 8 heteroatoms. The van der Waals surface area contributed by atoms with E-state index in [1.54, 1.807) is 19.1 Å². The monoisotopic (exact) mass is 349 g/mol. The summed E-state index contributed by atoms with van der Waals surface area (Å²) in [6.07, 6.45) is -1.64. The smallest absolute Gasteiger partial charge is 0.449 e. The zero-order valence-electron chi connectivity index (χ0n) is 13.2. The number of carbonyl (C=O) groups is 1. The number of hydrogen-bond donors (Lipinski definition) is 0. The van der Waals surface area contributed by atoms with Gasteiger partial charge in [0.15, 0.2) is 0 Å². The minimum absolute atomic E-state index is 0.0123. The number of esters is 1. The van der Waals surface area contributed by atoms with Crippen LogP contribution in [0.25, 0.3) is 11.0 Å². The van der Waals surface area contributed by atoms with Crippen molar-refractivity contribution in [3.8, 4) is 0 Å². The Labute approximate surface area is 141 Å². The van der Waals surface area contributed by atoms with Gasteiger partial charge in [0.2, 0.25) is 5.82 Å². The van der Waals surface area contributed by atoms with Gasteiger partial charge < -0.3 is 9.30 Å². The molecule has 25 heavy (non-hydrogen) atoms. The van der Waals surface area contributed by atoms with Gasteiger partial charge in [-0.3, -0.25) is 4.98 Å². The molecule has 0 atom stereocenters. The molecule has 2 aromatic heterocycles. The first-order valence-corrected chi connectivity index (χ1v) is 7.54. The van der Waals surface area contributed by atoms with Gasteiger partial charge in [-0.1, -0.05) is 6.07 Å². The summed E-state index contributed by atoms with van der Waals surface area (Å²) < 4.78 is 46.3. The Hall–Kier alpha value is -2.90. The fourth-order valence-corrected chi connectivity index (χ4v) is 2.57. The van der Waals surface area contributed by atoms with Gasteiger partial charge in [0.1, 0.15) is 5.52 Å². The first kappa shape index (κ1) is 16.9. The maximum atomic E-state index is 13.5. The molecular weight excluding hydrogens is 335 g/mol. The summed E-state index contributed by atoms with van der Waals surface area (Å²) in [5, 5.41) is 0. The molecule has 0 radical (unpaired) electrons. The molecule has 0 fully saturated rings.